The molecule has 4 heteroatoms. The molecule has 0 radical (unpaired) electrons. The third kappa shape index (κ3) is 4.28. The predicted octanol–water partition coefficient (Wildman–Crippen LogP) is 0.960. The van der Waals surface area contributed by atoms with Crippen molar-refractivity contribution in [3.8, 4) is 0 Å². The average molecular weight is 241 g/mol. The number of carbonyl (C=O) groups excluding carboxylic acids is 1. The summed E-state index contributed by atoms with van der Waals surface area (Å²) in [6.45, 7) is 11.1. The van der Waals surface area contributed by atoms with Gasteiger partial charge in [0.25, 0.3) is 0 Å². The second-order valence-electron chi connectivity index (χ2n) is 6.18. The van der Waals surface area contributed by atoms with Crippen LogP contribution in [0.5, 0.6) is 0 Å². The minimum Gasteiger partial charge on any atom is -0.353 e. The standard InChI is InChI=1S/C13H27N3O/c1-10(16-7-5-6-8-16)9-15-12(17)11(14)13(2,3)4/h10-11H,5-9,14H2,1-4H3,(H,15,17)/t10?,11-/m0/s1. The molecule has 1 unspecified atom stereocenters. The third-order valence-electron chi connectivity index (χ3n) is 3.55. The molecule has 1 aliphatic rings. The van der Waals surface area contributed by atoms with Crippen LogP contribution in [0.3, 0.4) is 0 Å². The maximum Gasteiger partial charge on any atom is 0.237 e. The molecule has 1 fully saturated rings. The van der Waals surface area contributed by atoms with Gasteiger partial charge in [0.2, 0.25) is 5.91 Å². The van der Waals surface area contributed by atoms with Crippen molar-refractivity contribution in [3.05, 3.63) is 0 Å². The zero-order chi connectivity index (χ0) is 13.1. The van der Waals surface area contributed by atoms with Crippen molar-refractivity contribution in [1.29, 1.82) is 0 Å². The number of nitrogens with one attached hydrogen (secondary N) is 1. The van der Waals surface area contributed by atoms with Crippen molar-refractivity contribution in [2.75, 3.05) is 19.6 Å². The molecular weight excluding hydrogens is 214 g/mol. The van der Waals surface area contributed by atoms with Crippen LogP contribution in [0, 0.1) is 5.41 Å². The van der Waals surface area contributed by atoms with Gasteiger partial charge in [-0.2, -0.15) is 0 Å². The predicted molar refractivity (Wildman–Crippen MR) is 70.7 cm³/mol. The molecule has 1 saturated heterocycles. The quantitative estimate of drug-likeness (QED) is 0.771. The highest BCUT2D eigenvalue weighted by atomic mass is 16.2. The number of carbonyl (C=O) groups is 1. The van der Waals surface area contributed by atoms with E-state index in [0.29, 0.717) is 12.6 Å². The summed E-state index contributed by atoms with van der Waals surface area (Å²) >= 11 is 0. The summed E-state index contributed by atoms with van der Waals surface area (Å²) in [4.78, 5) is 14.3. The fourth-order valence-electron chi connectivity index (χ4n) is 2.06. The Morgan fingerprint density at radius 2 is 1.88 bits per heavy atom. The molecule has 1 amide bonds. The summed E-state index contributed by atoms with van der Waals surface area (Å²) in [5, 5.41) is 2.96. The fraction of sp³-hybridized carbons (Fsp3) is 0.923. The van der Waals surface area contributed by atoms with Gasteiger partial charge in [0, 0.05) is 12.6 Å². The normalized spacial score (nSPS) is 21.2. The van der Waals surface area contributed by atoms with Crippen molar-refractivity contribution in [2.24, 2.45) is 11.1 Å². The Labute approximate surface area is 105 Å². The molecule has 0 saturated carbocycles. The highest BCUT2D eigenvalue weighted by Gasteiger charge is 2.28. The van der Waals surface area contributed by atoms with Gasteiger partial charge in [-0.05, 0) is 38.3 Å². The Morgan fingerprint density at radius 1 is 1.35 bits per heavy atom. The summed E-state index contributed by atoms with van der Waals surface area (Å²) in [7, 11) is 0. The molecule has 17 heavy (non-hydrogen) atoms. The van der Waals surface area contributed by atoms with Crippen LogP contribution in [0.1, 0.15) is 40.5 Å². The van der Waals surface area contributed by atoms with Crippen LogP contribution < -0.4 is 11.1 Å². The van der Waals surface area contributed by atoms with E-state index in [4.69, 9.17) is 5.73 Å². The second-order valence-corrected chi connectivity index (χ2v) is 6.18. The van der Waals surface area contributed by atoms with Crippen LogP contribution in [-0.4, -0.2) is 42.5 Å². The molecule has 0 aromatic rings. The monoisotopic (exact) mass is 241 g/mol. The zero-order valence-electron chi connectivity index (χ0n) is 11.6. The molecule has 0 aromatic heterocycles. The molecule has 0 bridgehead atoms. The first-order valence-corrected chi connectivity index (χ1v) is 6.59. The van der Waals surface area contributed by atoms with Crippen LogP contribution in [0.15, 0.2) is 0 Å². The van der Waals surface area contributed by atoms with Gasteiger partial charge in [-0.3, -0.25) is 9.69 Å². The number of hydrogen-bond acceptors (Lipinski definition) is 3. The van der Waals surface area contributed by atoms with E-state index in [9.17, 15) is 4.79 Å². The molecule has 0 spiro atoms. The first-order valence-electron chi connectivity index (χ1n) is 6.59. The Balaban J connectivity index is 2.32. The molecule has 0 aromatic carbocycles. The SMILES string of the molecule is CC(CNC(=O)[C@H](N)C(C)(C)C)N1CCCC1. The lowest BCUT2D eigenvalue weighted by Gasteiger charge is -2.28. The fourth-order valence-corrected chi connectivity index (χ4v) is 2.06. The van der Waals surface area contributed by atoms with Crippen LogP contribution in [0.2, 0.25) is 0 Å². The third-order valence-corrected chi connectivity index (χ3v) is 3.55. The van der Waals surface area contributed by atoms with E-state index in [-0.39, 0.29) is 11.3 Å². The zero-order valence-corrected chi connectivity index (χ0v) is 11.6. The highest BCUT2D eigenvalue weighted by molar-refractivity contribution is 5.82. The summed E-state index contributed by atoms with van der Waals surface area (Å²) in [6, 6.07) is -0.0260. The van der Waals surface area contributed by atoms with Gasteiger partial charge in [-0.1, -0.05) is 20.8 Å². The maximum atomic E-state index is 11.9. The van der Waals surface area contributed by atoms with Crippen LogP contribution in [-0.2, 0) is 4.79 Å². The van der Waals surface area contributed by atoms with Crippen molar-refractivity contribution in [2.45, 2.75) is 52.6 Å². The Morgan fingerprint density at radius 3 is 2.35 bits per heavy atom. The minimum atomic E-state index is -0.437. The molecule has 1 aliphatic heterocycles. The highest BCUT2D eigenvalue weighted by Crippen LogP contribution is 2.17. The Kier molecular flexibility index (Phi) is 4.95. The summed E-state index contributed by atoms with van der Waals surface area (Å²) < 4.78 is 0. The number of rotatable bonds is 4. The first kappa shape index (κ1) is 14.5. The van der Waals surface area contributed by atoms with E-state index in [1.165, 1.54) is 12.8 Å². The van der Waals surface area contributed by atoms with Crippen molar-refractivity contribution >= 4 is 5.91 Å². The number of nitrogens with two attached hydrogens (primary N) is 1. The lowest BCUT2D eigenvalue weighted by molar-refractivity contribution is -0.124. The van der Waals surface area contributed by atoms with Crippen molar-refractivity contribution in [1.82, 2.24) is 10.2 Å². The molecule has 100 valence electrons. The van der Waals surface area contributed by atoms with Crippen molar-refractivity contribution < 1.29 is 4.79 Å². The van der Waals surface area contributed by atoms with Crippen LogP contribution >= 0.6 is 0 Å². The maximum absolute atomic E-state index is 11.9. The van der Waals surface area contributed by atoms with Gasteiger partial charge in [0.15, 0.2) is 0 Å². The molecule has 0 aliphatic carbocycles. The van der Waals surface area contributed by atoms with Crippen LogP contribution in [0.4, 0.5) is 0 Å². The molecule has 1 heterocycles. The van der Waals surface area contributed by atoms with Gasteiger partial charge >= 0.3 is 0 Å². The number of likely N-dealkylation sites (tertiary alicyclic amines) is 1. The van der Waals surface area contributed by atoms with E-state index >= 15 is 0 Å². The summed E-state index contributed by atoms with van der Waals surface area (Å²) in [5.41, 5.74) is 5.73. The topological polar surface area (TPSA) is 58.4 Å². The second kappa shape index (κ2) is 5.83. The van der Waals surface area contributed by atoms with Gasteiger partial charge in [-0.15, -0.1) is 0 Å². The van der Waals surface area contributed by atoms with E-state index in [2.05, 4.69) is 17.1 Å². The number of hydrogen-bond donors (Lipinski definition) is 2. The summed E-state index contributed by atoms with van der Waals surface area (Å²) in [5.74, 6) is -0.0384. The Hall–Kier alpha value is -0.610. The summed E-state index contributed by atoms with van der Waals surface area (Å²) in [6.07, 6.45) is 2.56. The largest absolute Gasteiger partial charge is 0.353 e. The molecule has 3 N–H and O–H groups in total. The van der Waals surface area contributed by atoms with Gasteiger partial charge in [0.1, 0.15) is 0 Å². The number of nitrogens with zero attached hydrogens (tertiary/aromatic N) is 1. The Bertz CT molecular complexity index is 254. The van der Waals surface area contributed by atoms with Gasteiger partial charge < -0.3 is 11.1 Å². The van der Waals surface area contributed by atoms with E-state index in [1.54, 1.807) is 0 Å². The van der Waals surface area contributed by atoms with Gasteiger partial charge in [0.05, 0.1) is 6.04 Å². The van der Waals surface area contributed by atoms with E-state index < -0.39 is 6.04 Å². The van der Waals surface area contributed by atoms with E-state index in [1.807, 2.05) is 20.8 Å². The number of amides is 1. The molecule has 1 rings (SSSR count). The van der Waals surface area contributed by atoms with E-state index in [0.717, 1.165) is 13.1 Å². The molecule has 4 nitrogen and oxygen atoms in total. The lowest BCUT2D eigenvalue weighted by atomic mass is 9.87. The first-order chi connectivity index (χ1) is 7.82. The lowest BCUT2D eigenvalue weighted by Crippen LogP contribution is -2.51. The molecule has 2 atom stereocenters. The van der Waals surface area contributed by atoms with Crippen LogP contribution in [0.25, 0.3) is 0 Å². The molecular formula is C13H27N3O. The minimum absolute atomic E-state index is 0.0384. The van der Waals surface area contributed by atoms with Gasteiger partial charge in [-0.25, -0.2) is 0 Å². The smallest absolute Gasteiger partial charge is 0.237 e. The van der Waals surface area contributed by atoms with Crippen molar-refractivity contribution in [3.63, 3.8) is 0 Å². The average Bonchev–Trinajstić information content (AvgIpc) is 2.76.